The Labute approximate surface area is 196 Å². The first-order valence-electron chi connectivity index (χ1n) is 11.7. The van der Waals surface area contributed by atoms with Crippen LogP contribution in [-0.2, 0) is 4.79 Å². The minimum Gasteiger partial charge on any atom is -0.481 e. The third-order valence-electron chi connectivity index (χ3n) is 6.23. The number of carbonyl (C=O) groups is 1. The highest BCUT2D eigenvalue weighted by Gasteiger charge is 2.17. The second kappa shape index (κ2) is 10.5. The molecule has 4 rings (SSSR count). The first kappa shape index (κ1) is 22.8. The van der Waals surface area contributed by atoms with Crippen LogP contribution in [0.5, 0.6) is 5.75 Å². The van der Waals surface area contributed by atoms with Crippen molar-refractivity contribution in [2.45, 2.75) is 52.6 Å². The second-order valence-electron chi connectivity index (χ2n) is 8.71. The number of aryl methyl sites for hydroxylation is 1. The molecule has 2 aromatic carbocycles. The molecule has 0 radical (unpaired) electrons. The van der Waals surface area contributed by atoms with Gasteiger partial charge < -0.3 is 15.0 Å². The largest absolute Gasteiger partial charge is 0.481 e. The highest BCUT2D eigenvalue weighted by molar-refractivity contribution is 5.94. The monoisotopic (exact) mass is 444 g/mol. The molecule has 1 N–H and O–H groups in total. The number of amides is 1. The summed E-state index contributed by atoms with van der Waals surface area (Å²) in [6.07, 6.45) is 4.36. The van der Waals surface area contributed by atoms with E-state index >= 15 is 0 Å². The molecular weight excluding hydrogens is 412 g/mol. The molecule has 1 amide bonds. The van der Waals surface area contributed by atoms with E-state index in [0.29, 0.717) is 5.69 Å². The van der Waals surface area contributed by atoms with E-state index in [1.165, 1.54) is 25.7 Å². The van der Waals surface area contributed by atoms with Crippen LogP contribution in [0.1, 0.15) is 43.7 Å². The Morgan fingerprint density at radius 1 is 0.970 bits per heavy atom. The summed E-state index contributed by atoms with van der Waals surface area (Å²) in [4.78, 5) is 15.1. The molecule has 2 heterocycles. The van der Waals surface area contributed by atoms with Crippen LogP contribution in [0.25, 0.3) is 11.3 Å². The predicted molar refractivity (Wildman–Crippen MR) is 133 cm³/mol. The van der Waals surface area contributed by atoms with Crippen molar-refractivity contribution in [2.24, 2.45) is 0 Å². The van der Waals surface area contributed by atoms with Gasteiger partial charge in [0.2, 0.25) is 0 Å². The average molecular weight is 445 g/mol. The molecule has 0 aliphatic carbocycles. The second-order valence-corrected chi connectivity index (χ2v) is 8.71. The predicted octanol–water partition coefficient (Wildman–Crippen LogP) is 5.55. The van der Waals surface area contributed by atoms with E-state index in [0.717, 1.165) is 47.0 Å². The molecule has 6 nitrogen and oxygen atoms in total. The highest BCUT2D eigenvalue weighted by Crippen LogP contribution is 2.24. The van der Waals surface area contributed by atoms with Gasteiger partial charge in [0, 0.05) is 24.3 Å². The highest BCUT2D eigenvalue weighted by atomic mass is 16.5. The number of benzene rings is 2. The fraction of sp³-hybridized carbons (Fsp3) is 0.370. The lowest BCUT2D eigenvalue weighted by atomic mass is 10.1. The maximum absolute atomic E-state index is 12.7. The van der Waals surface area contributed by atoms with E-state index in [4.69, 9.17) is 4.74 Å². The number of nitrogens with zero attached hydrogens (tertiary/aromatic N) is 3. The van der Waals surface area contributed by atoms with Crippen molar-refractivity contribution in [3.05, 3.63) is 65.7 Å². The number of anilines is 2. The van der Waals surface area contributed by atoms with Crippen LogP contribution in [0, 0.1) is 13.8 Å². The van der Waals surface area contributed by atoms with Gasteiger partial charge in [0.15, 0.2) is 11.9 Å². The number of ether oxygens (including phenoxy) is 1. The minimum absolute atomic E-state index is 0.198. The molecule has 1 aliphatic heterocycles. The lowest BCUT2D eigenvalue weighted by molar-refractivity contribution is -0.122. The molecule has 1 unspecified atom stereocenters. The Kier molecular flexibility index (Phi) is 7.23. The zero-order valence-electron chi connectivity index (χ0n) is 19.7. The van der Waals surface area contributed by atoms with Crippen LogP contribution in [-0.4, -0.2) is 35.3 Å². The van der Waals surface area contributed by atoms with Crippen LogP contribution in [0.3, 0.4) is 0 Å². The van der Waals surface area contributed by atoms with Gasteiger partial charge in [0.05, 0.1) is 5.69 Å². The number of hydrogen-bond donors (Lipinski definition) is 1. The molecule has 0 spiro atoms. The first-order chi connectivity index (χ1) is 16.0. The van der Waals surface area contributed by atoms with Crippen LogP contribution in [0.2, 0.25) is 0 Å². The maximum atomic E-state index is 12.7. The van der Waals surface area contributed by atoms with E-state index in [9.17, 15) is 4.79 Å². The molecule has 1 fully saturated rings. The fourth-order valence-corrected chi connectivity index (χ4v) is 4.04. The summed E-state index contributed by atoms with van der Waals surface area (Å²) in [7, 11) is 0. The van der Waals surface area contributed by atoms with Gasteiger partial charge in [-0.3, -0.25) is 4.79 Å². The maximum Gasteiger partial charge on any atom is 0.265 e. The molecule has 1 aliphatic rings. The summed E-state index contributed by atoms with van der Waals surface area (Å²) in [5, 5.41) is 11.9. The van der Waals surface area contributed by atoms with Crippen molar-refractivity contribution < 1.29 is 9.53 Å². The van der Waals surface area contributed by atoms with E-state index in [1.54, 1.807) is 6.92 Å². The molecule has 0 bridgehead atoms. The van der Waals surface area contributed by atoms with E-state index in [2.05, 4.69) is 20.4 Å². The minimum atomic E-state index is -0.623. The average Bonchev–Trinajstić information content (AvgIpc) is 3.12. The summed E-state index contributed by atoms with van der Waals surface area (Å²) < 4.78 is 5.92. The number of rotatable bonds is 6. The lowest BCUT2D eigenvalue weighted by Crippen LogP contribution is -2.30. The van der Waals surface area contributed by atoms with Gasteiger partial charge in [0.25, 0.3) is 5.91 Å². The Hall–Kier alpha value is -3.41. The molecular formula is C27H32N4O2. The molecule has 1 saturated heterocycles. The van der Waals surface area contributed by atoms with Gasteiger partial charge in [-0.05, 0) is 75.1 Å². The lowest BCUT2D eigenvalue weighted by Gasteiger charge is -2.20. The van der Waals surface area contributed by atoms with Crippen molar-refractivity contribution >= 4 is 17.4 Å². The summed E-state index contributed by atoms with van der Waals surface area (Å²) in [6, 6.07) is 17.6. The molecule has 1 atom stereocenters. The molecule has 3 aromatic rings. The van der Waals surface area contributed by atoms with Gasteiger partial charge in [-0.1, -0.05) is 37.1 Å². The first-order valence-corrected chi connectivity index (χ1v) is 11.7. The van der Waals surface area contributed by atoms with E-state index in [-0.39, 0.29) is 5.91 Å². The normalized spacial score (nSPS) is 14.9. The Morgan fingerprint density at radius 2 is 1.73 bits per heavy atom. The van der Waals surface area contributed by atoms with Crippen molar-refractivity contribution in [3.8, 4) is 17.0 Å². The van der Waals surface area contributed by atoms with Gasteiger partial charge in [-0.15, -0.1) is 10.2 Å². The van der Waals surface area contributed by atoms with Gasteiger partial charge in [0.1, 0.15) is 5.75 Å². The molecule has 6 heteroatoms. The molecule has 0 saturated carbocycles. The third kappa shape index (κ3) is 5.69. The third-order valence-corrected chi connectivity index (χ3v) is 6.23. The van der Waals surface area contributed by atoms with Crippen molar-refractivity contribution in [3.63, 3.8) is 0 Å². The van der Waals surface area contributed by atoms with Crippen LogP contribution in [0.4, 0.5) is 11.5 Å². The van der Waals surface area contributed by atoms with Gasteiger partial charge >= 0.3 is 0 Å². The zero-order chi connectivity index (χ0) is 23.2. The molecule has 33 heavy (non-hydrogen) atoms. The summed E-state index contributed by atoms with van der Waals surface area (Å²) in [5.41, 5.74) is 4.57. The van der Waals surface area contributed by atoms with Crippen molar-refractivity contribution in [1.82, 2.24) is 10.2 Å². The van der Waals surface area contributed by atoms with Gasteiger partial charge in [-0.2, -0.15) is 0 Å². The SMILES string of the molecule is Cc1cccc(OC(C)C(=O)Nc2cccc(-c3ccc(N4CCCCCC4)nn3)c2)c1C. The summed E-state index contributed by atoms with van der Waals surface area (Å²) in [5.74, 6) is 1.46. The zero-order valence-corrected chi connectivity index (χ0v) is 19.7. The number of carbonyl (C=O) groups excluding carboxylic acids is 1. The number of hydrogen-bond acceptors (Lipinski definition) is 5. The Balaban J connectivity index is 1.42. The van der Waals surface area contributed by atoms with Crippen molar-refractivity contribution in [1.29, 1.82) is 0 Å². The smallest absolute Gasteiger partial charge is 0.265 e. The number of aromatic nitrogens is 2. The topological polar surface area (TPSA) is 67.3 Å². The fourth-order valence-electron chi connectivity index (χ4n) is 4.04. The van der Waals surface area contributed by atoms with Gasteiger partial charge in [-0.25, -0.2) is 0 Å². The molecule has 1 aromatic heterocycles. The van der Waals surface area contributed by atoms with Crippen molar-refractivity contribution in [2.75, 3.05) is 23.3 Å². The standard InChI is InChI=1S/C27H32N4O2/c1-19-10-8-13-25(20(19)2)33-21(3)27(32)28-23-12-9-11-22(18-23)24-14-15-26(30-29-24)31-16-6-4-5-7-17-31/h8-15,18,21H,4-7,16-17H2,1-3H3,(H,28,32). The number of nitrogens with one attached hydrogen (secondary N) is 1. The quantitative estimate of drug-likeness (QED) is 0.540. The van der Waals surface area contributed by atoms with Crippen LogP contribution >= 0.6 is 0 Å². The van der Waals surface area contributed by atoms with Crippen LogP contribution in [0.15, 0.2) is 54.6 Å². The summed E-state index contributed by atoms with van der Waals surface area (Å²) >= 11 is 0. The summed E-state index contributed by atoms with van der Waals surface area (Å²) in [6.45, 7) is 7.86. The Bertz CT molecular complexity index is 1090. The molecule has 172 valence electrons. The van der Waals surface area contributed by atoms with E-state index < -0.39 is 6.10 Å². The van der Waals surface area contributed by atoms with Crippen LogP contribution < -0.4 is 15.0 Å². The Morgan fingerprint density at radius 3 is 2.45 bits per heavy atom. The van der Waals surface area contributed by atoms with E-state index in [1.807, 2.05) is 68.4 Å².